The van der Waals surface area contributed by atoms with Crippen LogP contribution in [0.1, 0.15) is 28.8 Å². The molecule has 2 aromatic carbocycles. The standard InChI is InChI=1S/C19H17ClN2O4/c20-15-8-13(9-16-18(15)26-11-25-16)19(24)21-14-4-1-3-12(7-14)10-22-6-2-5-17(22)23/h1,3-4,7-9H,2,5-6,10-11H2,(H,21,24). The number of benzene rings is 2. The Morgan fingerprint density at radius 1 is 1.23 bits per heavy atom. The molecule has 1 N–H and O–H groups in total. The lowest BCUT2D eigenvalue weighted by molar-refractivity contribution is -0.128. The van der Waals surface area contributed by atoms with E-state index in [4.69, 9.17) is 21.1 Å². The Labute approximate surface area is 155 Å². The fraction of sp³-hybridized carbons (Fsp3) is 0.263. The molecule has 0 radical (unpaired) electrons. The van der Waals surface area contributed by atoms with Crippen molar-refractivity contribution in [3.8, 4) is 11.5 Å². The van der Waals surface area contributed by atoms with Gasteiger partial charge in [0, 0.05) is 30.8 Å². The van der Waals surface area contributed by atoms with Crippen molar-refractivity contribution in [2.45, 2.75) is 19.4 Å². The van der Waals surface area contributed by atoms with Gasteiger partial charge in [0.25, 0.3) is 5.91 Å². The smallest absolute Gasteiger partial charge is 0.255 e. The molecule has 2 aromatic rings. The van der Waals surface area contributed by atoms with E-state index in [0.29, 0.717) is 40.7 Å². The van der Waals surface area contributed by atoms with Crippen molar-refractivity contribution < 1.29 is 19.1 Å². The van der Waals surface area contributed by atoms with E-state index in [1.807, 2.05) is 29.2 Å². The fourth-order valence-electron chi connectivity index (χ4n) is 3.14. The number of rotatable bonds is 4. The zero-order valence-electron chi connectivity index (χ0n) is 14.0. The van der Waals surface area contributed by atoms with Gasteiger partial charge >= 0.3 is 0 Å². The van der Waals surface area contributed by atoms with Gasteiger partial charge in [-0.3, -0.25) is 9.59 Å². The highest BCUT2D eigenvalue weighted by molar-refractivity contribution is 6.32. The molecule has 0 unspecified atom stereocenters. The van der Waals surface area contributed by atoms with Crippen molar-refractivity contribution in [3.05, 3.63) is 52.5 Å². The summed E-state index contributed by atoms with van der Waals surface area (Å²) in [5.74, 6) is 0.804. The minimum absolute atomic E-state index is 0.0946. The zero-order valence-corrected chi connectivity index (χ0v) is 14.7. The summed E-state index contributed by atoms with van der Waals surface area (Å²) in [6.45, 7) is 1.43. The second kappa shape index (κ2) is 6.88. The molecule has 134 valence electrons. The highest BCUT2D eigenvalue weighted by Crippen LogP contribution is 2.39. The summed E-state index contributed by atoms with van der Waals surface area (Å²) < 4.78 is 10.6. The first-order chi connectivity index (χ1) is 12.6. The Morgan fingerprint density at radius 3 is 2.92 bits per heavy atom. The molecule has 6 nitrogen and oxygen atoms in total. The SMILES string of the molecule is O=C(Nc1cccc(CN2CCCC2=O)c1)c1cc(Cl)c2c(c1)OCO2. The van der Waals surface area contributed by atoms with Gasteiger partial charge in [0.2, 0.25) is 12.7 Å². The van der Waals surface area contributed by atoms with Gasteiger partial charge in [-0.1, -0.05) is 23.7 Å². The molecule has 2 aliphatic heterocycles. The lowest BCUT2D eigenvalue weighted by atomic mass is 10.1. The van der Waals surface area contributed by atoms with Crippen LogP contribution >= 0.6 is 11.6 Å². The first-order valence-corrected chi connectivity index (χ1v) is 8.75. The number of fused-ring (bicyclic) bond motifs is 1. The van der Waals surface area contributed by atoms with Crippen molar-refractivity contribution in [3.63, 3.8) is 0 Å². The van der Waals surface area contributed by atoms with Crippen molar-refractivity contribution in [1.29, 1.82) is 0 Å². The molecule has 0 atom stereocenters. The number of ether oxygens (including phenoxy) is 2. The van der Waals surface area contributed by atoms with Crippen molar-refractivity contribution in [1.82, 2.24) is 4.90 Å². The number of carbonyl (C=O) groups is 2. The Morgan fingerprint density at radius 2 is 2.12 bits per heavy atom. The van der Waals surface area contributed by atoms with Crippen LogP contribution in [0.3, 0.4) is 0 Å². The highest BCUT2D eigenvalue weighted by atomic mass is 35.5. The maximum atomic E-state index is 12.5. The second-order valence-corrected chi connectivity index (χ2v) is 6.67. The van der Waals surface area contributed by atoms with E-state index < -0.39 is 0 Å². The summed E-state index contributed by atoms with van der Waals surface area (Å²) in [7, 11) is 0. The topological polar surface area (TPSA) is 67.9 Å². The summed E-state index contributed by atoms with van der Waals surface area (Å²) in [5, 5.41) is 3.20. The van der Waals surface area contributed by atoms with E-state index in [1.165, 1.54) is 0 Å². The van der Waals surface area contributed by atoms with Gasteiger partial charge in [-0.25, -0.2) is 0 Å². The Balaban J connectivity index is 1.49. The van der Waals surface area contributed by atoms with Crippen LogP contribution in [-0.2, 0) is 11.3 Å². The van der Waals surface area contributed by atoms with Gasteiger partial charge in [0.05, 0.1) is 5.02 Å². The molecule has 2 amide bonds. The molecule has 0 spiro atoms. The molecule has 0 saturated carbocycles. The average molecular weight is 373 g/mol. The normalized spacial score (nSPS) is 15.4. The Hall–Kier alpha value is -2.73. The number of hydrogen-bond acceptors (Lipinski definition) is 4. The summed E-state index contributed by atoms with van der Waals surface area (Å²) in [4.78, 5) is 26.1. The average Bonchev–Trinajstić information content (AvgIpc) is 3.25. The minimum Gasteiger partial charge on any atom is -0.454 e. The molecule has 1 fully saturated rings. The third-order valence-electron chi connectivity index (χ3n) is 4.42. The second-order valence-electron chi connectivity index (χ2n) is 6.27. The summed E-state index contributed by atoms with van der Waals surface area (Å²) in [6.07, 6.45) is 1.52. The Bertz CT molecular complexity index is 884. The minimum atomic E-state index is -0.292. The van der Waals surface area contributed by atoms with Crippen LogP contribution in [0.2, 0.25) is 5.02 Å². The lowest BCUT2D eigenvalue weighted by Gasteiger charge is -2.16. The zero-order chi connectivity index (χ0) is 18.1. The van der Waals surface area contributed by atoms with Gasteiger partial charge in [0.15, 0.2) is 11.5 Å². The lowest BCUT2D eigenvalue weighted by Crippen LogP contribution is -2.23. The van der Waals surface area contributed by atoms with Crippen molar-refractivity contribution in [2.75, 3.05) is 18.7 Å². The predicted octanol–water partition coefficient (Wildman–Crippen LogP) is 3.44. The number of anilines is 1. The van der Waals surface area contributed by atoms with Crippen LogP contribution in [0.25, 0.3) is 0 Å². The van der Waals surface area contributed by atoms with Crippen LogP contribution in [0, 0.1) is 0 Å². The first-order valence-electron chi connectivity index (χ1n) is 8.37. The van der Waals surface area contributed by atoms with E-state index >= 15 is 0 Å². The maximum absolute atomic E-state index is 12.5. The number of nitrogens with zero attached hydrogens (tertiary/aromatic N) is 1. The summed E-state index contributed by atoms with van der Waals surface area (Å²) in [5.41, 5.74) is 2.02. The molecule has 7 heteroatoms. The number of halogens is 1. The van der Waals surface area contributed by atoms with Crippen LogP contribution in [-0.4, -0.2) is 30.1 Å². The van der Waals surface area contributed by atoms with Gasteiger partial charge in [-0.2, -0.15) is 0 Å². The molecule has 0 bridgehead atoms. The largest absolute Gasteiger partial charge is 0.454 e. The molecule has 1 saturated heterocycles. The quantitative estimate of drug-likeness (QED) is 0.892. The summed E-state index contributed by atoms with van der Waals surface area (Å²) >= 11 is 6.13. The van der Waals surface area contributed by atoms with E-state index in [2.05, 4.69) is 5.32 Å². The number of amides is 2. The third kappa shape index (κ3) is 3.32. The molecular weight excluding hydrogens is 356 g/mol. The van der Waals surface area contributed by atoms with Gasteiger partial charge in [0.1, 0.15) is 0 Å². The number of nitrogens with one attached hydrogen (secondary N) is 1. The molecule has 0 aliphatic carbocycles. The van der Waals surface area contributed by atoms with E-state index in [-0.39, 0.29) is 18.6 Å². The van der Waals surface area contributed by atoms with Crippen LogP contribution in [0.15, 0.2) is 36.4 Å². The number of likely N-dealkylation sites (tertiary alicyclic amines) is 1. The van der Waals surface area contributed by atoms with Crippen LogP contribution < -0.4 is 14.8 Å². The Kier molecular flexibility index (Phi) is 4.42. The fourth-order valence-corrected chi connectivity index (χ4v) is 3.41. The predicted molar refractivity (Wildman–Crippen MR) is 96.6 cm³/mol. The van der Waals surface area contributed by atoms with Crippen LogP contribution in [0.5, 0.6) is 11.5 Å². The monoisotopic (exact) mass is 372 g/mol. The van der Waals surface area contributed by atoms with Gasteiger partial charge < -0.3 is 19.7 Å². The molecule has 2 heterocycles. The highest BCUT2D eigenvalue weighted by Gasteiger charge is 2.22. The third-order valence-corrected chi connectivity index (χ3v) is 4.70. The van der Waals surface area contributed by atoms with Crippen molar-refractivity contribution in [2.24, 2.45) is 0 Å². The molecule has 4 rings (SSSR count). The van der Waals surface area contributed by atoms with E-state index in [0.717, 1.165) is 18.5 Å². The van der Waals surface area contributed by atoms with Crippen molar-refractivity contribution >= 4 is 29.1 Å². The van der Waals surface area contributed by atoms with Gasteiger partial charge in [-0.15, -0.1) is 0 Å². The molecule has 0 aromatic heterocycles. The molecule has 2 aliphatic rings. The van der Waals surface area contributed by atoms with E-state index in [9.17, 15) is 9.59 Å². The van der Waals surface area contributed by atoms with Gasteiger partial charge in [-0.05, 0) is 36.2 Å². The summed E-state index contributed by atoms with van der Waals surface area (Å²) in [6, 6.07) is 10.6. The van der Waals surface area contributed by atoms with Crippen LogP contribution in [0.4, 0.5) is 5.69 Å². The number of hydrogen-bond donors (Lipinski definition) is 1. The molecular formula is C19H17ClN2O4. The number of carbonyl (C=O) groups excluding carboxylic acids is 2. The molecule has 26 heavy (non-hydrogen) atoms. The first kappa shape index (κ1) is 16.7. The maximum Gasteiger partial charge on any atom is 0.255 e. The van der Waals surface area contributed by atoms with E-state index in [1.54, 1.807) is 12.1 Å².